The van der Waals surface area contributed by atoms with Gasteiger partial charge in [0.25, 0.3) is 5.91 Å². The van der Waals surface area contributed by atoms with Gasteiger partial charge in [0, 0.05) is 5.69 Å². The minimum absolute atomic E-state index is 0.0616. The number of fused-ring (bicyclic) bond motifs is 1. The van der Waals surface area contributed by atoms with Crippen molar-refractivity contribution in [3.63, 3.8) is 0 Å². The third kappa shape index (κ3) is 4.41. The van der Waals surface area contributed by atoms with Crippen molar-refractivity contribution in [1.82, 2.24) is 4.90 Å². The van der Waals surface area contributed by atoms with E-state index < -0.39 is 29.0 Å². The molecule has 0 aromatic heterocycles. The van der Waals surface area contributed by atoms with Crippen LogP contribution in [0, 0.1) is 18.3 Å². The number of aryl methyl sites for hydroxylation is 1. The number of nitrogens with one attached hydrogen (secondary N) is 1. The number of nitrogens with two attached hydrogens (primary N) is 1. The molecule has 36 heavy (non-hydrogen) atoms. The Morgan fingerprint density at radius 3 is 2.47 bits per heavy atom. The number of benzene rings is 2. The number of ether oxygens (including phenoxy) is 2. The van der Waals surface area contributed by atoms with Gasteiger partial charge in [-0.1, -0.05) is 42.1 Å². The number of thioether (sulfide) groups is 1. The first-order chi connectivity index (χ1) is 17.3. The number of rotatable bonds is 6. The van der Waals surface area contributed by atoms with Crippen molar-refractivity contribution < 1.29 is 23.9 Å². The van der Waals surface area contributed by atoms with Gasteiger partial charge < -0.3 is 20.5 Å². The number of carbonyl (C=O) groups excluding carboxylic acids is 3. The number of hydrogen-bond acceptors (Lipinski definition) is 8. The number of amides is 2. The van der Waals surface area contributed by atoms with E-state index in [1.165, 1.54) is 19.1 Å². The summed E-state index contributed by atoms with van der Waals surface area (Å²) in [5, 5.41) is 12.5. The molecule has 3 N–H and O–H groups in total. The van der Waals surface area contributed by atoms with Crippen LogP contribution in [0.4, 0.5) is 5.69 Å². The van der Waals surface area contributed by atoms with Gasteiger partial charge in [0.05, 0.1) is 48.8 Å². The molecule has 2 aromatic rings. The van der Waals surface area contributed by atoms with Crippen LogP contribution < -0.4 is 15.8 Å². The molecular weight excluding hydrogens is 480 g/mol. The van der Waals surface area contributed by atoms with E-state index in [0.29, 0.717) is 17.0 Å². The van der Waals surface area contributed by atoms with Gasteiger partial charge in [-0.2, -0.15) is 5.26 Å². The van der Waals surface area contributed by atoms with E-state index in [1.807, 2.05) is 19.1 Å². The van der Waals surface area contributed by atoms with Gasteiger partial charge in [-0.3, -0.25) is 19.3 Å². The number of nitriles is 1. The Kier molecular flexibility index (Phi) is 7.03. The number of hydrogen-bond donors (Lipinski definition) is 2. The molecule has 2 amide bonds. The Morgan fingerprint density at radius 2 is 1.86 bits per heavy atom. The summed E-state index contributed by atoms with van der Waals surface area (Å²) in [4.78, 5) is 40.2. The highest BCUT2D eigenvalue weighted by atomic mass is 32.2. The molecule has 2 aliphatic heterocycles. The first kappa shape index (κ1) is 24.9. The number of methoxy groups -OCH3 is 2. The van der Waals surface area contributed by atoms with E-state index in [2.05, 4.69) is 11.4 Å². The molecule has 2 heterocycles. The lowest BCUT2D eigenvalue weighted by Crippen LogP contribution is -2.39. The zero-order valence-corrected chi connectivity index (χ0v) is 20.7. The molecule has 2 atom stereocenters. The van der Waals surface area contributed by atoms with E-state index in [-0.39, 0.29) is 28.4 Å². The van der Waals surface area contributed by atoms with Crippen molar-refractivity contribution in [1.29, 1.82) is 5.26 Å². The molecule has 0 spiro atoms. The smallest absolute Gasteiger partial charge is 0.307 e. The Balaban J connectivity index is 1.88. The van der Waals surface area contributed by atoms with E-state index in [1.54, 1.807) is 36.4 Å². The van der Waals surface area contributed by atoms with Gasteiger partial charge >= 0.3 is 5.97 Å². The summed E-state index contributed by atoms with van der Waals surface area (Å²) >= 11 is 1.07. The molecule has 0 radical (unpaired) electrons. The summed E-state index contributed by atoms with van der Waals surface area (Å²) in [5.41, 5.74) is 8.68. The van der Waals surface area contributed by atoms with Gasteiger partial charge in [-0.25, -0.2) is 0 Å². The number of allylic oxidation sites excluding steroid dienone is 1. The first-order valence-corrected chi connectivity index (χ1v) is 11.9. The molecule has 184 valence electrons. The molecule has 10 heteroatoms. The molecule has 0 aliphatic carbocycles. The van der Waals surface area contributed by atoms with E-state index in [4.69, 9.17) is 15.2 Å². The Hall–Kier alpha value is -4.23. The molecule has 2 aliphatic rings. The van der Waals surface area contributed by atoms with Gasteiger partial charge in [-0.15, -0.1) is 0 Å². The van der Waals surface area contributed by atoms with Crippen molar-refractivity contribution in [2.45, 2.75) is 24.5 Å². The average molecular weight is 505 g/mol. The third-order valence-corrected chi connectivity index (χ3v) is 7.34. The summed E-state index contributed by atoms with van der Waals surface area (Å²) in [6.45, 7) is 1.86. The normalized spacial score (nSPS) is 19.1. The maximum absolute atomic E-state index is 13.8. The maximum atomic E-state index is 13.8. The minimum atomic E-state index is -0.846. The molecule has 2 unspecified atom stereocenters. The maximum Gasteiger partial charge on any atom is 0.307 e. The Bertz CT molecular complexity index is 1340. The molecule has 1 saturated heterocycles. The van der Waals surface area contributed by atoms with Gasteiger partial charge in [-0.05, 0) is 36.2 Å². The highest BCUT2D eigenvalue weighted by Crippen LogP contribution is 2.50. The van der Waals surface area contributed by atoms with Gasteiger partial charge in [0.2, 0.25) is 5.91 Å². The molecule has 4 rings (SSSR count). The van der Waals surface area contributed by atoms with Crippen LogP contribution in [0.5, 0.6) is 5.75 Å². The largest absolute Gasteiger partial charge is 0.497 e. The van der Waals surface area contributed by atoms with Crippen molar-refractivity contribution in [2.75, 3.05) is 19.5 Å². The number of nitrogens with zero attached hydrogens (tertiary/aromatic N) is 2. The third-order valence-electron chi connectivity index (χ3n) is 6.06. The van der Waals surface area contributed by atoms with Crippen LogP contribution in [0.25, 0.3) is 0 Å². The van der Waals surface area contributed by atoms with Crippen LogP contribution in [0.2, 0.25) is 0 Å². The zero-order valence-electron chi connectivity index (χ0n) is 19.9. The topological polar surface area (TPSA) is 135 Å². The first-order valence-electron chi connectivity index (χ1n) is 11.0. The number of carbonyl (C=O) groups is 3. The molecule has 0 bridgehead atoms. The number of esters is 1. The van der Waals surface area contributed by atoms with Crippen LogP contribution in [0.1, 0.15) is 23.5 Å². The minimum Gasteiger partial charge on any atom is -0.497 e. The fourth-order valence-corrected chi connectivity index (χ4v) is 5.50. The highest BCUT2D eigenvalue weighted by molar-refractivity contribution is 8.04. The fourth-order valence-electron chi connectivity index (χ4n) is 4.18. The lowest BCUT2D eigenvalue weighted by Gasteiger charge is -2.32. The zero-order chi connectivity index (χ0) is 26.0. The second kappa shape index (κ2) is 10.2. The number of anilines is 1. The highest BCUT2D eigenvalue weighted by Gasteiger charge is 2.48. The second-order valence-electron chi connectivity index (χ2n) is 8.17. The summed E-state index contributed by atoms with van der Waals surface area (Å²) < 4.78 is 9.98. The quantitative estimate of drug-likeness (QED) is 0.573. The van der Waals surface area contributed by atoms with E-state index in [9.17, 15) is 19.6 Å². The predicted octanol–water partition coefficient (Wildman–Crippen LogP) is 3.15. The van der Waals surface area contributed by atoms with Crippen LogP contribution in [-0.4, -0.2) is 42.2 Å². The molecular formula is C26H24N4O5S. The fraction of sp³-hybridized carbons (Fsp3) is 0.231. The van der Waals surface area contributed by atoms with Gasteiger partial charge in [0.15, 0.2) is 0 Å². The summed E-state index contributed by atoms with van der Waals surface area (Å²) in [6, 6.07) is 16.3. The van der Waals surface area contributed by atoms with Crippen LogP contribution in [0.15, 0.2) is 70.5 Å². The van der Waals surface area contributed by atoms with Crippen LogP contribution >= 0.6 is 11.8 Å². The summed E-state index contributed by atoms with van der Waals surface area (Å²) in [6.07, 6.45) is -0.199. The van der Waals surface area contributed by atoms with Crippen molar-refractivity contribution >= 4 is 35.2 Å². The van der Waals surface area contributed by atoms with Crippen molar-refractivity contribution in [2.24, 2.45) is 5.73 Å². The van der Waals surface area contributed by atoms with Crippen LogP contribution in [0.3, 0.4) is 0 Å². The van der Waals surface area contributed by atoms with E-state index in [0.717, 1.165) is 17.3 Å². The monoisotopic (exact) mass is 504 g/mol. The SMILES string of the molecule is COC(=O)CC1SC2=C(C(=O)Nc3ccccc3C)C(c3ccc(OC)cc3)C(C#N)=C(N)N2C1=O. The van der Waals surface area contributed by atoms with Crippen molar-refractivity contribution in [3.8, 4) is 11.8 Å². The number of para-hydroxylation sites is 1. The lowest BCUT2D eigenvalue weighted by molar-refractivity contribution is -0.142. The predicted molar refractivity (Wildman–Crippen MR) is 134 cm³/mol. The molecule has 9 nitrogen and oxygen atoms in total. The Morgan fingerprint density at radius 1 is 1.17 bits per heavy atom. The summed E-state index contributed by atoms with van der Waals surface area (Å²) in [5.74, 6) is -1.83. The standard InChI is InChI=1S/C26H24N4O5S/c1-14-6-4-5-7-18(14)29-24(32)22-21(15-8-10-16(34-2)11-9-15)17(13-27)23(28)30-25(33)19(36-26(22)30)12-20(31)35-3/h4-11,19,21H,12,28H2,1-3H3,(H,29,32). The Labute approximate surface area is 212 Å². The summed E-state index contributed by atoms with van der Waals surface area (Å²) in [7, 11) is 2.78. The van der Waals surface area contributed by atoms with Crippen LogP contribution in [-0.2, 0) is 19.1 Å². The molecule has 0 saturated carbocycles. The lowest BCUT2D eigenvalue weighted by atomic mass is 9.82. The van der Waals surface area contributed by atoms with Crippen molar-refractivity contribution in [3.05, 3.63) is 81.7 Å². The average Bonchev–Trinajstić information content (AvgIpc) is 3.20. The molecule has 2 aromatic carbocycles. The second-order valence-corrected chi connectivity index (χ2v) is 9.36. The molecule has 1 fully saturated rings. The van der Waals surface area contributed by atoms with Gasteiger partial charge in [0.1, 0.15) is 16.8 Å². The van der Waals surface area contributed by atoms with E-state index >= 15 is 0 Å².